The van der Waals surface area contributed by atoms with Crippen molar-refractivity contribution in [3.05, 3.63) is 270 Å². The molecule has 1 aliphatic carbocycles. The minimum Gasteiger partial charge on any atom is -0.337 e. The van der Waals surface area contributed by atoms with Crippen LogP contribution in [-0.2, 0) is 19.4 Å². The zero-order valence-corrected chi connectivity index (χ0v) is 43.2. The number of nitrogens with zero attached hydrogens (tertiary/aromatic N) is 6. The molecule has 0 unspecified atom stereocenters. The SMILES string of the molecule is C=C/C=C\c1c(C)n(C2=CCc3c(n(C/C=C(C#N)\C(=C/C(=C)C#N)n4c(C)c(-c5ccccc5C=C)c5cc(N6C(C=C)=C(/C=C\C)Cc7ccccc76)ccc54)c4ccc5ccccc5c34)C=C2)c2ccccc12. The Labute approximate surface area is 445 Å². The molecule has 0 spiro atoms. The zero-order chi connectivity index (χ0) is 52.6. The maximum atomic E-state index is 11.5. The van der Waals surface area contributed by atoms with Crippen molar-refractivity contribution in [2.45, 2.75) is 40.2 Å². The van der Waals surface area contributed by atoms with Crippen molar-refractivity contribution in [3.63, 3.8) is 0 Å². The Morgan fingerprint density at radius 2 is 1.50 bits per heavy atom. The maximum Gasteiger partial charge on any atom is 0.101 e. The summed E-state index contributed by atoms with van der Waals surface area (Å²) in [6.45, 7) is 23.3. The van der Waals surface area contributed by atoms with Crippen LogP contribution in [0.4, 0.5) is 11.4 Å². The number of hydrogen-bond acceptors (Lipinski definition) is 3. The molecule has 0 amide bonds. The quantitative estimate of drug-likeness (QED) is 0.0854. The van der Waals surface area contributed by atoms with Crippen LogP contribution < -0.4 is 4.90 Å². The molecule has 0 radical (unpaired) electrons. The Morgan fingerprint density at radius 3 is 2.29 bits per heavy atom. The summed E-state index contributed by atoms with van der Waals surface area (Å²) >= 11 is 0. The first-order valence-electron chi connectivity index (χ1n) is 25.7. The molecule has 0 saturated heterocycles. The molecule has 0 fully saturated rings. The van der Waals surface area contributed by atoms with Crippen molar-refractivity contribution >= 4 is 84.5 Å². The second-order valence-corrected chi connectivity index (χ2v) is 19.2. The summed E-state index contributed by atoms with van der Waals surface area (Å²) in [7, 11) is 0. The largest absolute Gasteiger partial charge is 0.337 e. The molecule has 0 N–H and O–H groups in total. The van der Waals surface area contributed by atoms with Crippen LogP contribution in [0.25, 0.3) is 84.2 Å². The lowest BCUT2D eigenvalue weighted by atomic mass is 9.93. The van der Waals surface area contributed by atoms with Gasteiger partial charge in [-0.3, -0.25) is 0 Å². The fourth-order valence-corrected chi connectivity index (χ4v) is 11.8. The fourth-order valence-electron chi connectivity index (χ4n) is 11.8. The molecule has 0 saturated carbocycles. The van der Waals surface area contributed by atoms with Crippen molar-refractivity contribution in [2.24, 2.45) is 0 Å². The van der Waals surface area contributed by atoms with Crippen molar-refractivity contribution in [1.29, 1.82) is 10.5 Å². The molecule has 2 aliphatic rings. The highest BCUT2D eigenvalue weighted by molar-refractivity contribution is 6.11. The molecule has 0 bridgehead atoms. The smallest absolute Gasteiger partial charge is 0.101 e. The van der Waals surface area contributed by atoms with E-state index in [1.807, 2.05) is 49.4 Å². The van der Waals surface area contributed by atoms with Gasteiger partial charge in [0.15, 0.2) is 0 Å². The normalized spacial score (nSPS) is 13.9. The Kier molecular flexibility index (Phi) is 12.9. The third-order valence-corrected chi connectivity index (χ3v) is 15.1. The highest BCUT2D eigenvalue weighted by Gasteiger charge is 2.28. The molecule has 76 heavy (non-hydrogen) atoms. The second kappa shape index (κ2) is 20.2. The zero-order valence-electron chi connectivity index (χ0n) is 43.2. The van der Waals surface area contributed by atoms with E-state index in [0.717, 1.165) is 90.3 Å². The number of allylic oxidation sites excluding steroid dienone is 14. The monoisotopic (exact) mass is 980 g/mol. The van der Waals surface area contributed by atoms with Gasteiger partial charge in [0.1, 0.15) is 6.07 Å². The third kappa shape index (κ3) is 8.05. The topological polar surface area (TPSA) is 65.6 Å². The van der Waals surface area contributed by atoms with Crippen LogP contribution in [0, 0.1) is 36.5 Å². The summed E-state index contributed by atoms with van der Waals surface area (Å²) in [5.41, 5.74) is 19.3. The van der Waals surface area contributed by atoms with Crippen LogP contribution >= 0.6 is 0 Å². The first-order valence-corrected chi connectivity index (χ1v) is 25.7. The van der Waals surface area contributed by atoms with Gasteiger partial charge in [-0.2, -0.15) is 10.5 Å². The molecular weight excluding hydrogens is 925 g/mol. The van der Waals surface area contributed by atoms with E-state index in [1.54, 1.807) is 6.08 Å². The van der Waals surface area contributed by atoms with Gasteiger partial charge in [0, 0.05) is 91.2 Å². The Morgan fingerprint density at radius 1 is 0.737 bits per heavy atom. The van der Waals surface area contributed by atoms with Crippen LogP contribution in [0.1, 0.15) is 46.3 Å². The summed E-state index contributed by atoms with van der Waals surface area (Å²) in [4.78, 5) is 2.30. The molecule has 0 atom stereocenters. The van der Waals surface area contributed by atoms with Crippen molar-refractivity contribution in [1.82, 2.24) is 13.7 Å². The first-order chi connectivity index (χ1) is 37.2. The molecule has 3 aromatic heterocycles. The average Bonchev–Trinajstić information content (AvgIpc) is 4.04. The minimum absolute atomic E-state index is 0.230. The van der Waals surface area contributed by atoms with Crippen LogP contribution in [0.2, 0.25) is 0 Å². The Bertz CT molecular complexity index is 4270. The van der Waals surface area contributed by atoms with E-state index in [9.17, 15) is 10.5 Å². The first kappa shape index (κ1) is 48.4. The Balaban J connectivity index is 1.10. The van der Waals surface area contributed by atoms with Crippen LogP contribution in [0.15, 0.2) is 231 Å². The summed E-state index contributed by atoms with van der Waals surface area (Å²) in [6, 6.07) is 49.7. The highest BCUT2D eigenvalue weighted by Crippen LogP contribution is 2.46. The van der Waals surface area contributed by atoms with Gasteiger partial charge in [-0.15, -0.1) is 0 Å². The predicted octanol–water partition coefficient (Wildman–Crippen LogP) is 17.7. The van der Waals surface area contributed by atoms with Gasteiger partial charge in [-0.25, -0.2) is 0 Å². The predicted molar refractivity (Wildman–Crippen MR) is 322 cm³/mol. The van der Waals surface area contributed by atoms with Gasteiger partial charge in [0.25, 0.3) is 0 Å². The van der Waals surface area contributed by atoms with Crippen LogP contribution in [0.3, 0.4) is 0 Å². The summed E-state index contributed by atoms with van der Waals surface area (Å²) in [5, 5.41) is 27.6. The van der Waals surface area contributed by atoms with Gasteiger partial charge in [0.05, 0.1) is 28.4 Å². The highest BCUT2D eigenvalue weighted by atomic mass is 15.2. The van der Waals surface area contributed by atoms with Crippen molar-refractivity contribution in [2.75, 3.05) is 4.90 Å². The van der Waals surface area contributed by atoms with Crippen LogP contribution in [0.5, 0.6) is 0 Å². The standard InChI is InChI=1S/C70H56N6/c1-8-12-25-56-47(6)74(65-30-20-18-28-59(56)65)54-32-35-60-64(37-33-54)73(67-36-31-50-23-14-17-27-58(50)70(60)67)40-39-53(45-72)68(41-46(5)44-71)75-48(7)69(57-26-16-13-22-49(57)10-3)61-43-55(34-38-66(61)75)76-62(11-4)51(21-9-2)42-52-24-15-19-29-63(52)76/h8-34,36-39,41,43H,1,3-5,35,40,42H2,2,6-7H3/b21-9-,25-12-,53-39-,68-41+. The maximum absolute atomic E-state index is 11.5. The molecule has 9 aromatic rings. The lowest BCUT2D eigenvalue weighted by molar-refractivity contribution is 0.845. The van der Waals surface area contributed by atoms with E-state index in [2.05, 4.69) is 223 Å². The molecule has 1 aliphatic heterocycles. The summed E-state index contributed by atoms with van der Waals surface area (Å²) in [6.07, 6.45) is 26.1. The fraction of sp³-hybridized carbons (Fsp3) is 0.0857. The van der Waals surface area contributed by atoms with Gasteiger partial charge in [0.2, 0.25) is 0 Å². The second-order valence-electron chi connectivity index (χ2n) is 19.2. The number of anilines is 2. The number of benzene rings is 6. The van der Waals surface area contributed by atoms with Gasteiger partial charge in [-0.1, -0.05) is 160 Å². The number of hydrogen-bond donors (Lipinski definition) is 0. The molecule has 6 aromatic carbocycles. The van der Waals surface area contributed by atoms with Crippen molar-refractivity contribution in [3.8, 4) is 23.3 Å². The summed E-state index contributed by atoms with van der Waals surface area (Å²) < 4.78 is 6.82. The average molecular weight is 981 g/mol. The molecule has 11 rings (SSSR count). The van der Waals surface area contributed by atoms with Crippen molar-refractivity contribution < 1.29 is 0 Å². The lowest BCUT2D eigenvalue weighted by Gasteiger charge is -2.34. The lowest BCUT2D eigenvalue weighted by Crippen LogP contribution is -2.22. The number of fused-ring (bicyclic) bond motifs is 8. The molecule has 6 heteroatoms. The van der Waals surface area contributed by atoms with E-state index in [-0.39, 0.29) is 5.57 Å². The number of aromatic nitrogens is 3. The van der Waals surface area contributed by atoms with E-state index in [0.29, 0.717) is 24.2 Å². The molecular formula is C70H56N6. The Hall–Kier alpha value is -9.88. The van der Waals surface area contributed by atoms with E-state index < -0.39 is 0 Å². The van der Waals surface area contributed by atoms with Crippen LogP contribution in [-0.4, -0.2) is 13.7 Å². The third-order valence-electron chi connectivity index (χ3n) is 15.1. The number of para-hydroxylation sites is 2. The van der Waals surface area contributed by atoms with E-state index >= 15 is 0 Å². The van der Waals surface area contributed by atoms with Gasteiger partial charge in [-0.05, 0) is 133 Å². The molecule has 366 valence electrons. The summed E-state index contributed by atoms with van der Waals surface area (Å²) in [5.74, 6) is 0. The molecule has 4 heterocycles. The van der Waals surface area contributed by atoms with E-state index in [4.69, 9.17) is 0 Å². The van der Waals surface area contributed by atoms with Gasteiger partial charge >= 0.3 is 0 Å². The number of nitriles is 2. The van der Waals surface area contributed by atoms with E-state index in [1.165, 1.54) is 38.4 Å². The number of rotatable bonds is 13. The molecule has 6 nitrogen and oxygen atoms in total. The minimum atomic E-state index is 0.230. The van der Waals surface area contributed by atoms with Gasteiger partial charge < -0.3 is 18.6 Å².